The van der Waals surface area contributed by atoms with Crippen LogP contribution in [0.4, 0.5) is 14.6 Å². The van der Waals surface area contributed by atoms with Crippen molar-refractivity contribution in [3.8, 4) is 22.9 Å². The Morgan fingerprint density at radius 2 is 2.00 bits per heavy atom. The first kappa shape index (κ1) is 24.3. The normalized spacial score (nSPS) is 28.1. The molecule has 2 N–H and O–H groups in total. The predicted octanol–water partition coefficient (Wildman–Crippen LogP) is 4.78. The highest BCUT2D eigenvalue weighted by Crippen LogP contribution is 2.43. The molecular formula is C30H31F2N5O3. The Morgan fingerprint density at radius 1 is 1.15 bits per heavy atom. The molecule has 4 aliphatic rings. The maximum Gasteiger partial charge on any atom is 0.216 e. The van der Waals surface area contributed by atoms with Crippen LogP contribution in [0.5, 0.6) is 11.6 Å². The van der Waals surface area contributed by atoms with Gasteiger partial charge in [0.05, 0.1) is 10.9 Å². The van der Waals surface area contributed by atoms with Crippen molar-refractivity contribution >= 4 is 27.6 Å². The lowest BCUT2D eigenvalue weighted by Gasteiger charge is -2.34. The van der Waals surface area contributed by atoms with E-state index < -0.39 is 12.0 Å². The van der Waals surface area contributed by atoms with Crippen LogP contribution < -0.4 is 15.0 Å². The molecule has 8 rings (SSSR count). The number of phenolic OH excluding ortho intramolecular Hbond substituents is 1. The van der Waals surface area contributed by atoms with Gasteiger partial charge in [0, 0.05) is 55.2 Å². The Kier molecular flexibility index (Phi) is 5.47. The maximum atomic E-state index is 15.1. The SMILES string of the molecule is Oc1cc(-c2noc3c(N4CC5CCC(C4)N5)nc(OC[C@@]45CCCN4C[C@H](F)C5)cc23)c2c(F)cccc2c1. The fourth-order valence-electron chi connectivity index (χ4n) is 7.57. The molecule has 0 aliphatic carbocycles. The molecule has 4 atom stereocenters. The van der Waals surface area contributed by atoms with Gasteiger partial charge in [-0.05, 0) is 55.8 Å². The first-order valence-corrected chi connectivity index (χ1v) is 14.2. The van der Waals surface area contributed by atoms with E-state index in [1.54, 1.807) is 18.2 Å². The number of fused-ring (bicyclic) bond motifs is 5. The number of aromatic hydroxyl groups is 1. The summed E-state index contributed by atoms with van der Waals surface area (Å²) in [5.74, 6) is 0.656. The number of hydrogen-bond donors (Lipinski definition) is 2. The van der Waals surface area contributed by atoms with Gasteiger partial charge in [0.25, 0.3) is 0 Å². The van der Waals surface area contributed by atoms with Gasteiger partial charge >= 0.3 is 0 Å². The zero-order chi connectivity index (χ0) is 27.0. The number of aromatic nitrogens is 2. The Labute approximate surface area is 229 Å². The molecule has 4 aromatic rings. The number of anilines is 1. The van der Waals surface area contributed by atoms with Crippen LogP contribution in [0.15, 0.2) is 40.9 Å². The molecular weight excluding hydrogens is 516 g/mol. The van der Waals surface area contributed by atoms with Crippen molar-refractivity contribution in [1.82, 2.24) is 20.4 Å². The van der Waals surface area contributed by atoms with E-state index in [0.29, 0.717) is 76.4 Å². The highest BCUT2D eigenvalue weighted by Gasteiger charge is 2.49. The second kappa shape index (κ2) is 9.01. The summed E-state index contributed by atoms with van der Waals surface area (Å²) in [6.45, 7) is 3.25. The lowest BCUT2D eigenvalue weighted by Crippen LogP contribution is -2.51. The van der Waals surface area contributed by atoms with Crippen LogP contribution in [-0.4, -0.2) is 76.7 Å². The smallest absolute Gasteiger partial charge is 0.216 e. The van der Waals surface area contributed by atoms with E-state index in [2.05, 4.69) is 20.3 Å². The van der Waals surface area contributed by atoms with Gasteiger partial charge in [-0.2, -0.15) is 4.98 Å². The number of rotatable bonds is 5. The second-order valence-electron chi connectivity index (χ2n) is 11.9. The summed E-state index contributed by atoms with van der Waals surface area (Å²) < 4.78 is 41.9. The van der Waals surface area contributed by atoms with E-state index in [9.17, 15) is 9.50 Å². The molecule has 10 heteroatoms. The van der Waals surface area contributed by atoms with Crippen LogP contribution in [0, 0.1) is 5.82 Å². The third kappa shape index (κ3) is 3.83. The van der Waals surface area contributed by atoms with E-state index in [0.717, 1.165) is 45.3 Å². The van der Waals surface area contributed by atoms with Gasteiger partial charge in [-0.3, -0.25) is 4.90 Å². The monoisotopic (exact) mass is 547 g/mol. The van der Waals surface area contributed by atoms with Crippen LogP contribution >= 0.6 is 0 Å². The number of pyridine rings is 1. The fourth-order valence-corrected chi connectivity index (χ4v) is 7.57. The maximum absolute atomic E-state index is 15.1. The number of alkyl halides is 1. The molecule has 0 spiro atoms. The fraction of sp³-hybridized carbons (Fsp3) is 0.467. The Bertz CT molecular complexity index is 1620. The third-order valence-corrected chi connectivity index (χ3v) is 9.35. The Morgan fingerprint density at radius 3 is 2.85 bits per heavy atom. The van der Waals surface area contributed by atoms with E-state index >= 15 is 4.39 Å². The van der Waals surface area contributed by atoms with Crippen LogP contribution in [-0.2, 0) is 0 Å². The zero-order valence-electron chi connectivity index (χ0n) is 22.1. The van der Waals surface area contributed by atoms with Crippen LogP contribution in [0.3, 0.4) is 0 Å². The van der Waals surface area contributed by atoms with E-state index in [1.165, 1.54) is 18.2 Å². The molecule has 6 heterocycles. The topological polar surface area (TPSA) is 86.9 Å². The number of benzene rings is 2. The van der Waals surface area contributed by atoms with Gasteiger partial charge in [0.1, 0.15) is 30.0 Å². The summed E-state index contributed by atoms with van der Waals surface area (Å²) in [6, 6.07) is 10.4. The van der Waals surface area contributed by atoms with Crippen molar-refractivity contribution in [2.75, 3.05) is 37.7 Å². The number of halogens is 2. The molecule has 8 nitrogen and oxygen atoms in total. The summed E-state index contributed by atoms with van der Waals surface area (Å²) in [5, 5.41) is 20.1. The van der Waals surface area contributed by atoms with Gasteiger partial charge in [-0.25, -0.2) is 8.78 Å². The average Bonchev–Trinajstić information content (AvgIpc) is 3.68. The predicted molar refractivity (Wildman–Crippen MR) is 147 cm³/mol. The van der Waals surface area contributed by atoms with Crippen LogP contribution in [0.2, 0.25) is 0 Å². The largest absolute Gasteiger partial charge is 0.508 e. The quantitative estimate of drug-likeness (QED) is 0.369. The summed E-state index contributed by atoms with van der Waals surface area (Å²) in [4.78, 5) is 9.36. The van der Waals surface area contributed by atoms with Crippen molar-refractivity contribution < 1.29 is 23.1 Å². The molecule has 2 aromatic carbocycles. The first-order valence-electron chi connectivity index (χ1n) is 14.2. The molecule has 2 aromatic heterocycles. The zero-order valence-corrected chi connectivity index (χ0v) is 22.1. The molecule has 2 unspecified atom stereocenters. The van der Waals surface area contributed by atoms with E-state index in [-0.39, 0.29) is 11.3 Å². The molecule has 0 radical (unpaired) electrons. The number of phenols is 1. The molecule has 40 heavy (non-hydrogen) atoms. The molecule has 0 amide bonds. The van der Waals surface area contributed by atoms with Crippen molar-refractivity contribution in [3.63, 3.8) is 0 Å². The molecule has 4 aliphatic heterocycles. The van der Waals surface area contributed by atoms with E-state index in [4.69, 9.17) is 14.2 Å². The van der Waals surface area contributed by atoms with Crippen molar-refractivity contribution in [1.29, 1.82) is 0 Å². The Balaban J connectivity index is 1.25. The number of hydrogen-bond acceptors (Lipinski definition) is 8. The second-order valence-corrected chi connectivity index (χ2v) is 11.9. The number of nitrogens with zero attached hydrogens (tertiary/aromatic N) is 4. The van der Waals surface area contributed by atoms with Gasteiger partial charge in [-0.15, -0.1) is 0 Å². The lowest BCUT2D eigenvalue weighted by atomic mass is 9.95. The van der Waals surface area contributed by atoms with Crippen molar-refractivity contribution in [3.05, 3.63) is 42.2 Å². The van der Waals surface area contributed by atoms with Gasteiger partial charge in [-0.1, -0.05) is 17.3 Å². The summed E-state index contributed by atoms with van der Waals surface area (Å²) in [5.41, 5.74) is 1.04. The molecule has 4 saturated heterocycles. The summed E-state index contributed by atoms with van der Waals surface area (Å²) in [7, 11) is 0. The summed E-state index contributed by atoms with van der Waals surface area (Å²) >= 11 is 0. The highest BCUT2D eigenvalue weighted by atomic mass is 19.1. The standard InChI is InChI=1S/C30H31F2N5O3/c31-18-12-30(7-2-8-37(30)13-18)16-39-25-11-23-27(22-10-21(38)9-17-3-1-4-24(32)26(17)22)35-40-28(23)29(34-25)36-14-19-5-6-20(15-36)33-19/h1,3-4,9-11,18-20,33,38H,2,5-8,12-16H2/t18-,19?,20?,30+/m1/s1. The number of ether oxygens (including phenoxy) is 1. The average molecular weight is 548 g/mol. The van der Waals surface area contributed by atoms with Gasteiger partial charge in [0.2, 0.25) is 11.5 Å². The van der Waals surface area contributed by atoms with Crippen LogP contribution in [0.1, 0.15) is 32.1 Å². The summed E-state index contributed by atoms with van der Waals surface area (Å²) in [6.07, 6.45) is 3.78. The minimum atomic E-state index is -0.843. The minimum Gasteiger partial charge on any atom is -0.508 e. The lowest BCUT2D eigenvalue weighted by molar-refractivity contribution is 0.111. The molecule has 0 saturated carbocycles. The Hall–Kier alpha value is -3.50. The third-order valence-electron chi connectivity index (χ3n) is 9.35. The van der Waals surface area contributed by atoms with E-state index in [1.807, 2.05) is 0 Å². The van der Waals surface area contributed by atoms with Gasteiger partial charge in [0.15, 0.2) is 5.82 Å². The minimum absolute atomic E-state index is 0.0103. The van der Waals surface area contributed by atoms with Crippen molar-refractivity contribution in [2.24, 2.45) is 0 Å². The molecule has 208 valence electrons. The van der Waals surface area contributed by atoms with Gasteiger partial charge < -0.3 is 24.6 Å². The highest BCUT2D eigenvalue weighted by molar-refractivity contribution is 6.06. The number of nitrogens with one attached hydrogen (secondary N) is 1. The molecule has 2 bridgehead atoms. The van der Waals surface area contributed by atoms with Crippen LogP contribution in [0.25, 0.3) is 33.0 Å². The number of piperazine rings is 1. The first-order chi connectivity index (χ1) is 19.5. The molecule has 4 fully saturated rings. The van der Waals surface area contributed by atoms with Crippen molar-refractivity contribution in [2.45, 2.75) is 55.9 Å².